The third kappa shape index (κ3) is 5.79. The first-order valence-corrected chi connectivity index (χ1v) is 14.5. The SMILES string of the molecule is CCc1ccc2[nH]c(=O)c(C(c3nnnn3C3CCCC3)N(Cc3ccccc3)Cc3ccc(OC)cc3)cc2c1. The smallest absolute Gasteiger partial charge is 0.253 e. The number of ether oxygens (including phenoxy) is 1. The van der Waals surface area contributed by atoms with Crippen molar-refractivity contribution in [3.8, 4) is 5.75 Å². The third-order valence-corrected chi connectivity index (χ3v) is 8.21. The topological polar surface area (TPSA) is 88.9 Å². The molecule has 1 unspecified atom stereocenters. The van der Waals surface area contributed by atoms with Crippen LogP contribution in [0, 0.1) is 0 Å². The molecule has 0 bridgehead atoms. The zero-order valence-corrected chi connectivity index (χ0v) is 23.7. The molecule has 5 aromatic rings. The van der Waals surface area contributed by atoms with Crippen molar-refractivity contribution in [1.82, 2.24) is 30.1 Å². The van der Waals surface area contributed by atoms with Crippen molar-refractivity contribution in [3.63, 3.8) is 0 Å². The fourth-order valence-electron chi connectivity index (χ4n) is 6.01. The van der Waals surface area contributed by atoms with Gasteiger partial charge in [0.2, 0.25) is 0 Å². The molecule has 210 valence electrons. The van der Waals surface area contributed by atoms with E-state index < -0.39 is 6.04 Å². The lowest BCUT2D eigenvalue weighted by Crippen LogP contribution is -2.35. The molecule has 2 heterocycles. The molecule has 1 N–H and O–H groups in total. The van der Waals surface area contributed by atoms with Crippen LogP contribution in [-0.4, -0.2) is 37.2 Å². The zero-order valence-electron chi connectivity index (χ0n) is 23.7. The summed E-state index contributed by atoms with van der Waals surface area (Å²) in [5.41, 5.74) is 4.83. The second kappa shape index (κ2) is 12.1. The second-order valence-corrected chi connectivity index (χ2v) is 10.9. The van der Waals surface area contributed by atoms with E-state index in [0.717, 1.165) is 59.9 Å². The van der Waals surface area contributed by atoms with Crippen molar-refractivity contribution in [1.29, 1.82) is 0 Å². The molecule has 2 aromatic heterocycles. The number of methoxy groups -OCH3 is 1. The first-order valence-electron chi connectivity index (χ1n) is 14.5. The van der Waals surface area contributed by atoms with Gasteiger partial charge in [-0.3, -0.25) is 9.69 Å². The summed E-state index contributed by atoms with van der Waals surface area (Å²) in [6.07, 6.45) is 5.31. The largest absolute Gasteiger partial charge is 0.497 e. The molecule has 8 nitrogen and oxygen atoms in total. The maximum Gasteiger partial charge on any atom is 0.253 e. The molecule has 6 rings (SSSR count). The molecule has 0 spiro atoms. The van der Waals surface area contributed by atoms with Gasteiger partial charge in [-0.15, -0.1) is 5.10 Å². The summed E-state index contributed by atoms with van der Waals surface area (Å²) in [6.45, 7) is 3.35. The Bertz CT molecular complexity index is 1660. The van der Waals surface area contributed by atoms with Gasteiger partial charge in [-0.2, -0.15) is 0 Å². The monoisotopic (exact) mass is 548 g/mol. The Morgan fingerprint density at radius 1 is 0.951 bits per heavy atom. The summed E-state index contributed by atoms with van der Waals surface area (Å²) in [4.78, 5) is 19.3. The van der Waals surface area contributed by atoms with E-state index in [1.807, 2.05) is 47.1 Å². The number of fused-ring (bicyclic) bond motifs is 1. The number of nitrogens with one attached hydrogen (secondary N) is 1. The van der Waals surface area contributed by atoms with Crippen LogP contribution in [0.1, 0.15) is 72.8 Å². The van der Waals surface area contributed by atoms with Gasteiger partial charge in [0.15, 0.2) is 5.82 Å². The summed E-state index contributed by atoms with van der Waals surface area (Å²) >= 11 is 0. The van der Waals surface area contributed by atoms with Crippen molar-refractivity contribution < 1.29 is 4.74 Å². The van der Waals surface area contributed by atoms with Crippen molar-refractivity contribution in [2.45, 2.75) is 64.2 Å². The number of tetrazole rings is 1. The second-order valence-electron chi connectivity index (χ2n) is 10.9. The lowest BCUT2D eigenvalue weighted by molar-refractivity contribution is 0.190. The van der Waals surface area contributed by atoms with Gasteiger partial charge in [0, 0.05) is 24.2 Å². The molecule has 1 saturated carbocycles. The van der Waals surface area contributed by atoms with Gasteiger partial charge in [0.05, 0.1) is 13.2 Å². The summed E-state index contributed by atoms with van der Waals surface area (Å²) in [6, 6.07) is 26.5. The molecule has 0 radical (unpaired) electrons. The zero-order chi connectivity index (χ0) is 28.2. The molecule has 41 heavy (non-hydrogen) atoms. The third-order valence-electron chi connectivity index (χ3n) is 8.21. The summed E-state index contributed by atoms with van der Waals surface area (Å²) in [5.74, 6) is 1.51. The van der Waals surface area contributed by atoms with E-state index >= 15 is 0 Å². The summed E-state index contributed by atoms with van der Waals surface area (Å²) < 4.78 is 7.39. The van der Waals surface area contributed by atoms with Gasteiger partial charge in [0.25, 0.3) is 5.56 Å². The highest BCUT2D eigenvalue weighted by Gasteiger charge is 2.33. The van der Waals surface area contributed by atoms with Crippen LogP contribution >= 0.6 is 0 Å². The Morgan fingerprint density at radius 2 is 1.66 bits per heavy atom. The number of benzene rings is 3. The van der Waals surface area contributed by atoms with Gasteiger partial charge in [-0.05, 0) is 82.1 Å². The predicted molar refractivity (Wildman–Crippen MR) is 160 cm³/mol. The number of hydrogen-bond donors (Lipinski definition) is 1. The average molecular weight is 549 g/mol. The van der Waals surface area contributed by atoms with E-state index in [0.29, 0.717) is 24.5 Å². The molecule has 3 aromatic carbocycles. The van der Waals surface area contributed by atoms with E-state index in [9.17, 15) is 4.79 Å². The van der Waals surface area contributed by atoms with E-state index in [4.69, 9.17) is 4.74 Å². The molecular formula is C33H36N6O2. The van der Waals surface area contributed by atoms with Crippen molar-refractivity contribution in [2.24, 2.45) is 0 Å². The van der Waals surface area contributed by atoms with E-state index in [2.05, 4.69) is 68.7 Å². The molecule has 1 aliphatic carbocycles. The molecule has 1 atom stereocenters. The van der Waals surface area contributed by atoms with Gasteiger partial charge in [-0.1, -0.05) is 68.3 Å². The molecule has 8 heteroatoms. The number of hydrogen-bond acceptors (Lipinski definition) is 6. The molecule has 0 saturated heterocycles. The van der Waals surface area contributed by atoms with Gasteiger partial charge in [0.1, 0.15) is 11.8 Å². The number of aryl methyl sites for hydroxylation is 1. The number of rotatable bonds is 10. The van der Waals surface area contributed by atoms with Crippen LogP contribution in [0.3, 0.4) is 0 Å². The average Bonchev–Trinajstić information content (AvgIpc) is 3.71. The molecule has 1 aliphatic rings. The standard InChI is InChI=1S/C33H36N6O2/c1-3-23-15-18-30-26(19-23)20-29(33(40)34-30)31(32-35-36-37-39(32)27-11-7-8-12-27)38(21-24-9-5-4-6-10-24)22-25-13-16-28(41-2)17-14-25/h4-6,9-10,13-20,27,31H,3,7-8,11-12,21-22H2,1-2H3,(H,34,40). The minimum Gasteiger partial charge on any atom is -0.497 e. The highest BCUT2D eigenvalue weighted by Crippen LogP contribution is 2.35. The van der Waals surface area contributed by atoms with Crippen LogP contribution < -0.4 is 10.3 Å². The van der Waals surface area contributed by atoms with Gasteiger partial charge in [-0.25, -0.2) is 4.68 Å². The van der Waals surface area contributed by atoms with Crippen molar-refractivity contribution in [2.75, 3.05) is 7.11 Å². The lowest BCUT2D eigenvalue weighted by Gasteiger charge is -2.32. The fraction of sp³-hybridized carbons (Fsp3) is 0.333. The molecule has 0 amide bonds. The first-order chi connectivity index (χ1) is 20.1. The van der Waals surface area contributed by atoms with Gasteiger partial charge < -0.3 is 9.72 Å². The number of pyridine rings is 1. The summed E-state index contributed by atoms with van der Waals surface area (Å²) in [7, 11) is 1.67. The van der Waals surface area contributed by atoms with Gasteiger partial charge >= 0.3 is 0 Å². The normalized spacial score (nSPS) is 14.6. The van der Waals surface area contributed by atoms with E-state index in [1.165, 1.54) is 5.56 Å². The van der Waals surface area contributed by atoms with Crippen LogP contribution in [0.15, 0.2) is 83.7 Å². The Kier molecular flexibility index (Phi) is 7.91. The minimum absolute atomic E-state index is 0.125. The van der Waals surface area contributed by atoms with Crippen LogP contribution in [-0.2, 0) is 19.5 Å². The van der Waals surface area contributed by atoms with Crippen molar-refractivity contribution in [3.05, 3.63) is 117 Å². The van der Waals surface area contributed by atoms with Crippen molar-refractivity contribution >= 4 is 10.9 Å². The lowest BCUT2D eigenvalue weighted by atomic mass is 10.00. The Morgan fingerprint density at radius 3 is 2.37 bits per heavy atom. The van der Waals surface area contributed by atoms with Crippen LogP contribution in [0.25, 0.3) is 10.9 Å². The summed E-state index contributed by atoms with van der Waals surface area (Å²) in [5, 5.41) is 14.3. The fourth-order valence-corrected chi connectivity index (χ4v) is 6.01. The van der Waals surface area contributed by atoms with Crippen LogP contribution in [0.4, 0.5) is 0 Å². The Balaban J connectivity index is 1.52. The maximum absolute atomic E-state index is 13.9. The molecule has 1 fully saturated rings. The number of nitrogens with zero attached hydrogens (tertiary/aromatic N) is 5. The number of aromatic nitrogens is 5. The highest BCUT2D eigenvalue weighted by atomic mass is 16.5. The minimum atomic E-state index is -0.466. The van der Waals surface area contributed by atoms with Crippen LogP contribution in [0.5, 0.6) is 5.75 Å². The van der Waals surface area contributed by atoms with E-state index in [1.54, 1.807) is 7.11 Å². The first kappa shape index (κ1) is 26.9. The highest BCUT2D eigenvalue weighted by molar-refractivity contribution is 5.80. The molecule has 0 aliphatic heterocycles. The maximum atomic E-state index is 13.9. The number of H-pyrrole nitrogens is 1. The molecular weight excluding hydrogens is 512 g/mol. The Labute approximate surface area is 240 Å². The number of aromatic amines is 1. The van der Waals surface area contributed by atoms with E-state index in [-0.39, 0.29) is 11.6 Å². The predicted octanol–water partition coefficient (Wildman–Crippen LogP) is 5.99. The quantitative estimate of drug-likeness (QED) is 0.231. The Hall–Kier alpha value is -4.30. The van der Waals surface area contributed by atoms with Crippen LogP contribution in [0.2, 0.25) is 0 Å².